The van der Waals surface area contributed by atoms with Crippen LogP contribution in [0, 0.1) is 29.6 Å². The van der Waals surface area contributed by atoms with Gasteiger partial charge in [-0.15, -0.1) is 6.42 Å². The number of benzene rings is 1. The molecular weight excluding hydrogens is 420 g/mol. The number of esters is 1. The van der Waals surface area contributed by atoms with Gasteiger partial charge in [0.1, 0.15) is 23.2 Å². The Morgan fingerprint density at radius 3 is 2.67 bits per heavy atom. The molecule has 2 aromatic rings. The fourth-order valence-corrected chi connectivity index (χ4v) is 3.38. The molecule has 0 saturated heterocycles. The number of hydrogen-bond acceptors (Lipinski definition) is 6. The van der Waals surface area contributed by atoms with E-state index in [1.54, 1.807) is 43.3 Å². The lowest BCUT2D eigenvalue weighted by Gasteiger charge is -2.28. The number of imide groups is 1. The molecule has 1 aromatic heterocycles. The van der Waals surface area contributed by atoms with Gasteiger partial charge in [-0.1, -0.05) is 31.9 Å². The van der Waals surface area contributed by atoms with Crippen LogP contribution in [0.1, 0.15) is 36.9 Å². The van der Waals surface area contributed by atoms with E-state index in [0.717, 1.165) is 4.90 Å². The van der Waals surface area contributed by atoms with Gasteiger partial charge in [-0.3, -0.25) is 14.5 Å². The predicted octanol–water partition coefficient (Wildman–Crippen LogP) is 3.98. The minimum absolute atomic E-state index is 0.0484. The lowest BCUT2D eigenvalue weighted by Crippen LogP contribution is -2.44. The van der Waals surface area contributed by atoms with Crippen LogP contribution in [0.2, 0.25) is 0 Å². The molecule has 7 heteroatoms. The molecule has 0 atom stereocenters. The van der Waals surface area contributed by atoms with E-state index in [0.29, 0.717) is 28.2 Å². The molecule has 0 saturated carbocycles. The Hall–Kier alpha value is -4.36. The molecule has 33 heavy (non-hydrogen) atoms. The Balaban J connectivity index is 1.95. The van der Waals surface area contributed by atoms with Gasteiger partial charge in [0.25, 0.3) is 11.8 Å². The Morgan fingerprint density at radius 2 is 2.00 bits per heavy atom. The summed E-state index contributed by atoms with van der Waals surface area (Å²) in [6.07, 6.45) is 6.63. The van der Waals surface area contributed by atoms with E-state index in [-0.39, 0.29) is 30.2 Å². The zero-order chi connectivity index (χ0) is 24.1. The molecule has 0 spiro atoms. The summed E-state index contributed by atoms with van der Waals surface area (Å²) in [6.45, 7) is 5.43. The van der Waals surface area contributed by atoms with Crippen LogP contribution in [0.5, 0.6) is 0 Å². The summed E-state index contributed by atoms with van der Waals surface area (Å²) >= 11 is 0. The van der Waals surface area contributed by atoms with E-state index >= 15 is 0 Å². The van der Waals surface area contributed by atoms with E-state index in [9.17, 15) is 19.6 Å². The average Bonchev–Trinajstić information content (AvgIpc) is 3.27. The van der Waals surface area contributed by atoms with Crippen LogP contribution in [-0.2, 0) is 14.3 Å². The van der Waals surface area contributed by atoms with E-state index in [1.165, 1.54) is 6.08 Å². The molecule has 1 aliphatic rings. The third-order valence-electron chi connectivity index (χ3n) is 4.96. The monoisotopic (exact) mass is 442 g/mol. The second-order valence-electron chi connectivity index (χ2n) is 7.85. The van der Waals surface area contributed by atoms with E-state index in [1.807, 2.05) is 19.9 Å². The fourth-order valence-electron chi connectivity index (χ4n) is 3.38. The van der Waals surface area contributed by atoms with Gasteiger partial charge in [-0.2, -0.15) is 5.26 Å². The van der Waals surface area contributed by atoms with Crippen molar-refractivity contribution >= 4 is 23.9 Å². The maximum absolute atomic E-state index is 13.0. The minimum Gasteiger partial charge on any atom is -0.457 e. The number of ether oxygens (including phenoxy) is 1. The van der Waals surface area contributed by atoms with Gasteiger partial charge in [-0.05, 0) is 48.8 Å². The van der Waals surface area contributed by atoms with Gasteiger partial charge < -0.3 is 9.15 Å². The number of furan rings is 1. The lowest BCUT2D eigenvalue weighted by atomic mass is 9.94. The SMILES string of the molecule is C#CCOC(=O)c1cccc(-c2ccc(/C=C3/C(=O)N(CC(C)C)C(=O)C(C#N)=C3C)o2)c1. The van der Waals surface area contributed by atoms with Crippen molar-refractivity contribution in [1.29, 1.82) is 5.26 Å². The van der Waals surface area contributed by atoms with Crippen molar-refractivity contribution < 1.29 is 23.5 Å². The molecule has 3 rings (SSSR count). The van der Waals surface area contributed by atoms with Gasteiger partial charge in [0.05, 0.1) is 5.56 Å². The predicted molar refractivity (Wildman–Crippen MR) is 121 cm³/mol. The average molecular weight is 442 g/mol. The second-order valence-corrected chi connectivity index (χ2v) is 7.85. The van der Waals surface area contributed by atoms with Crippen molar-refractivity contribution in [2.24, 2.45) is 5.92 Å². The summed E-state index contributed by atoms with van der Waals surface area (Å²) < 4.78 is 10.8. The van der Waals surface area contributed by atoms with Crippen molar-refractivity contribution in [1.82, 2.24) is 4.90 Å². The van der Waals surface area contributed by atoms with Crippen LogP contribution < -0.4 is 0 Å². The smallest absolute Gasteiger partial charge is 0.339 e. The molecule has 0 aliphatic carbocycles. The quantitative estimate of drug-likeness (QED) is 0.290. The van der Waals surface area contributed by atoms with Gasteiger partial charge in [0, 0.05) is 17.7 Å². The Morgan fingerprint density at radius 1 is 1.24 bits per heavy atom. The number of amides is 2. The summed E-state index contributed by atoms with van der Waals surface area (Å²) in [5.74, 6) is 1.52. The van der Waals surface area contributed by atoms with Crippen LogP contribution in [0.3, 0.4) is 0 Å². The first-order valence-electron chi connectivity index (χ1n) is 10.3. The summed E-state index contributed by atoms with van der Waals surface area (Å²) in [6, 6.07) is 12.0. The summed E-state index contributed by atoms with van der Waals surface area (Å²) in [5, 5.41) is 9.47. The highest BCUT2D eigenvalue weighted by Crippen LogP contribution is 2.30. The number of rotatable bonds is 6. The molecule has 0 radical (unpaired) electrons. The Labute approximate surface area is 191 Å². The van der Waals surface area contributed by atoms with Crippen molar-refractivity contribution in [3.63, 3.8) is 0 Å². The number of nitrogens with zero attached hydrogens (tertiary/aromatic N) is 2. The molecule has 1 aliphatic heterocycles. The standard InChI is InChI=1S/C26H22N2O5/c1-5-11-32-26(31)19-8-6-7-18(12-19)23-10-9-20(33-23)13-21-17(4)22(14-27)25(30)28(24(21)29)15-16(2)3/h1,6-10,12-13,16H,11,15H2,2-4H3/b21-13+. The normalized spacial score (nSPS) is 15.1. The second kappa shape index (κ2) is 9.84. The number of terminal acetylenes is 1. The van der Waals surface area contributed by atoms with E-state index in [4.69, 9.17) is 15.6 Å². The highest BCUT2D eigenvalue weighted by atomic mass is 16.5. The molecule has 7 nitrogen and oxygen atoms in total. The zero-order valence-electron chi connectivity index (χ0n) is 18.5. The highest BCUT2D eigenvalue weighted by Gasteiger charge is 2.35. The Kier molecular flexibility index (Phi) is 6.95. The van der Waals surface area contributed by atoms with Gasteiger partial charge in [0.15, 0.2) is 6.61 Å². The van der Waals surface area contributed by atoms with Crippen LogP contribution in [-0.4, -0.2) is 35.8 Å². The molecule has 0 unspecified atom stereocenters. The van der Waals surface area contributed by atoms with Gasteiger partial charge in [0.2, 0.25) is 0 Å². The molecular formula is C26H22N2O5. The first-order valence-corrected chi connectivity index (χ1v) is 10.3. The maximum atomic E-state index is 13.0. The number of carbonyl (C=O) groups excluding carboxylic acids is 3. The largest absolute Gasteiger partial charge is 0.457 e. The van der Waals surface area contributed by atoms with Gasteiger partial charge in [-0.25, -0.2) is 4.79 Å². The summed E-state index contributed by atoms with van der Waals surface area (Å²) in [5.41, 5.74) is 1.42. The van der Waals surface area contributed by atoms with Crippen molar-refractivity contribution in [2.45, 2.75) is 20.8 Å². The molecule has 0 fully saturated rings. The van der Waals surface area contributed by atoms with Gasteiger partial charge >= 0.3 is 5.97 Å². The molecule has 2 amide bonds. The fraction of sp³-hybridized carbons (Fsp3) is 0.231. The molecule has 1 aromatic carbocycles. The molecule has 166 valence electrons. The molecule has 2 heterocycles. The topological polar surface area (TPSA) is 101 Å². The molecule has 0 bridgehead atoms. The third-order valence-corrected chi connectivity index (χ3v) is 4.96. The number of hydrogen-bond donors (Lipinski definition) is 0. The van der Waals surface area contributed by atoms with Crippen LogP contribution in [0.15, 0.2) is 57.5 Å². The summed E-state index contributed by atoms with van der Waals surface area (Å²) in [7, 11) is 0. The van der Waals surface area contributed by atoms with Crippen LogP contribution >= 0.6 is 0 Å². The van der Waals surface area contributed by atoms with E-state index < -0.39 is 17.8 Å². The van der Waals surface area contributed by atoms with Crippen molar-refractivity contribution in [2.75, 3.05) is 13.2 Å². The maximum Gasteiger partial charge on any atom is 0.339 e. The van der Waals surface area contributed by atoms with E-state index in [2.05, 4.69) is 5.92 Å². The number of carbonyl (C=O) groups is 3. The highest BCUT2D eigenvalue weighted by molar-refractivity contribution is 6.19. The zero-order valence-corrected chi connectivity index (χ0v) is 18.5. The summed E-state index contributed by atoms with van der Waals surface area (Å²) in [4.78, 5) is 38.8. The third kappa shape index (κ3) is 4.94. The first kappa shape index (κ1) is 23.3. The minimum atomic E-state index is -0.584. The van der Waals surface area contributed by atoms with Crippen LogP contribution in [0.4, 0.5) is 0 Å². The van der Waals surface area contributed by atoms with Crippen molar-refractivity contribution in [3.05, 3.63) is 64.4 Å². The lowest BCUT2D eigenvalue weighted by molar-refractivity contribution is -0.141. The first-order chi connectivity index (χ1) is 15.8. The van der Waals surface area contributed by atoms with Crippen LogP contribution in [0.25, 0.3) is 17.4 Å². The molecule has 0 N–H and O–H groups in total. The number of nitriles is 1. The van der Waals surface area contributed by atoms with Crippen molar-refractivity contribution in [3.8, 4) is 29.7 Å². The Bertz CT molecular complexity index is 1260.